The molecule has 1 unspecified atom stereocenters. The third-order valence-electron chi connectivity index (χ3n) is 11.0. The Morgan fingerprint density at radius 3 is 1.84 bits per heavy atom. The van der Waals surface area contributed by atoms with Crippen LogP contribution < -0.4 is 10.6 Å². The normalized spacial score (nSPS) is 17.1. The van der Waals surface area contributed by atoms with Crippen molar-refractivity contribution in [2.45, 2.75) is 49.4 Å². The molecule has 0 aliphatic carbocycles. The number of halogens is 1. The summed E-state index contributed by atoms with van der Waals surface area (Å²) in [6, 6.07) is 46.7. The standard InChI is InChI=1S/C52H46IN5O8S2/c1-33(48(61)65-51(2,3)4)66-57-41(40-31-67-50(54-40)56-52(37-24-14-7-15-25-37,38-26-16-8-17-27-38)39-28-18-9-19-29-39)45(59)55-42-46(60)58-43(36(30-53)32-68(63)47(42)58)49(62)64-44(34-20-10-5-11-21-34)35-22-12-6-13-23-35/h5-29,31,42,44,47H,1,30,32H2,2-4H3,(H,54,56)(H,55,59)/t42-,47+,68?/m1/s1. The molecule has 2 aliphatic heterocycles. The van der Waals surface area contributed by atoms with Crippen LogP contribution in [0.25, 0.3) is 0 Å². The van der Waals surface area contributed by atoms with E-state index in [0.717, 1.165) is 21.6 Å². The van der Waals surface area contributed by atoms with Gasteiger partial charge in [0.15, 0.2) is 23.0 Å². The van der Waals surface area contributed by atoms with Crippen molar-refractivity contribution in [3.05, 3.63) is 214 Å². The molecule has 1 saturated heterocycles. The lowest BCUT2D eigenvalue weighted by atomic mass is 9.77. The quantitative estimate of drug-likeness (QED) is 0.00915. The molecule has 1 aromatic heterocycles. The van der Waals surface area contributed by atoms with E-state index in [4.69, 9.17) is 19.3 Å². The third-order valence-corrected chi connectivity index (χ3v) is 14.4. The fourth-order valence-corrected chi connectivity index (χ4v) is 11.4. The van der Waals surface area contributed by atoms with E-state index in [-0.39, 0.29) is 17.1 Å². The molecule has 346 valence electrons. The van der Waals surface area contributed by atoms with Gasteiger partial charge in [-0.25, -0.2) is 14.6 Å². The average molecular weight is 1060 g/mol. The minimum Gasteiger partial charge on any atom is -0.614 e. The van der Waals surface area contributed by atoms with Crippen molar-refractivity contribution in [3.8, 4) is 0 Å². The lowest BCUT2D eigenvalue weighted by Gasteiger charge is -2.49. The number of esters is 2. The molecule has 0 radical (unpaired) electrons. The fourth-order valence-electron chi connectivity index (χ4n) is 7.96. The highest BCUT2D eigenvalue weighted by Crippen LogP contribution is 2.42. The predicted octanol–water partition coefficient (Wildman–Crippen LogP) is 8.56. The lowest BCUT2D eigenvalue weighted by molar-refractivity contribution is -0.155. The van der Waals surface area contributed by atoms with Crippen LogP contribution in [-0.4, -0.2) is 71.1 Å². The molecule has 16 heteroatoms. The Bertz CT molecular complexity index is 2720. The van der Waals surface area contributed by atoms with Crippen LogP contribution in [0.1, 0.15) is 60.4 Å². The SMILES string of the molecule is C=C(ON=C(C(=O)N[C@@H]1C(=O)N2C(C(=O)OC(c3ccccc3)c3ccccc3)=C(CI)C[S+]([O-])[C@@H]12)c1csc(NC(c2ccccc2)(c2ccccc2)c2ccccc2)n1)C(=O)OC(C)(C)C. The Morgan fingerprint density at radius 1 is 0.853 bits per heavy atom. The molecule has 0 bridgehead atoms. The Morgan fingerprint density at radius 2 is 1.35 bits per heavy atom. The van der Waals surface area contributed by atoms with E-state index < -0.39 is 75.1 Å². The molecule has 3 atom stereocenters. The Kier molecular flexibility index (Phi) is 14.6. The van der Waals surface area contributed by atoms with Crippen molar-refractivity contribution in [1.29, 1.82) is 0 Å². The highest BCUT2D eigenvalue weighted by Gasteiger charge is 2.61. The van der Waals surface area contributed by atoms with Gasteiger partial charge in [-0.1, -0.05) is 179 Å². The summed E-state index contributed by atoms with van der Waals surface area (Å²) in [6.45, 7) is 8.69. The van der Waals surface area contributed by atoms with E-state index in [1.165, 1.54) is 11.3 Å². The molecule has 0 spiro atoms. The number of β-lactam (4-membered cyclic amide) rings is 1. The lowest BCUT2D eigenvalue weighted by Crippen LogP contribution is -2.75. The number of ether oxygens (including phenoxy) is 2. The van der Waals surface area contributed by atoms with Gasteiger partial charge in [-0.2, -0.15) is 0 Å². The number of aromatic nitrogens is 1. The number of anilines is 1. The number of nitrogens with zero attached hydrogens (tertiary/aromatic N) is 3. The highest BCUT2D eigenvalue weighted by atomic mass is 127. The topological polar surface area (TPSA) is 172 Å². The van der Waals surface area contributed by atoms with Crippen molar-refractivity contribution in [3.63, 3.8) is 0 Å². The van der Waals surface area contributed by atoms with Gasteiger partial charge in [0.1, 0.15) is 28.3 Å². The summed E-state index contributed by atoms with van der Waals surface area (Å²) in [7, 11) is 0. The van der Waals surface area contributed by atoms with E-state index in [2.05, 4.69) is 45.0 Å². The van der Waals surface area contributed by atoms with Gasteiger partial charge in [-0.15, -0.1) is 11.3 Å². The van der Waals surface area contributed by atoms with Crippen LogP contribution in [0.15, 0.2) is 186 Å². The number of rotatable bonds is 16. The van der Waals surface area contributed by atoms with E-state index >= 15 is 0 Å². The number of carbonyl (C=O) groups excluding carboxylic acids is 4. The van der Waals surface area contributed by atoms with Crippen LogP contribution >= 0.6 is 33.9 Å². The summed E-state index contributed by atoms with van der Waals surface area (Å²) in [5.41, 5.74) is 2.34. The summed E-state index contributed by atoms with van der Waals surface area (Å²) in [4.78, 5) is 67.5. The minimum absolute atomic E-state index is 0.0174. The van der Waals surface area contributed by atoms with Crippen molar-refractivity contribution < 1.29 is 38.0 Å². The summed E-state index contributed by atoms with van der Waals surface area (Å²) < 4.78 is 25.8. The summed E-state index contributed by atoms with van der Waals surface area (Å²) >= 11 is 1.51. The summed E-state index contributed by atoms with van der Waals surface area (Å²) in [6.07, 6.45) is -0.810. The first-order chi connectivity index (χ1) is 32.8. The van der Waals surface area contributed by atoms with Gasteiger partial charge in [-0.3, -0.25) is 14.5 Å². The minimum atomic E-state index is -1.74. The van der Waals surface area contributed by atoms with Crippen LogP contribution in [0.3, 0.4) is 0 Å². The van der Waals surface area contributed by atoms with Crippen molar-refractivity contribution >= 4 is 79.7 Å². The monoisotopic (exact) mass is 1060 g/mol. The molecule has 5 aromatic carbocycles. The number of alkyl halides is 1. The van der Waals surface area contributed by atoms with Crippen LogP contribution in [0, 0.1) is 0 Å². The first-order valence-electron chi connectivity index (χ1n) is 21.5. The maximum Gasteiger partial charge on any atom is 0.376 e. The van der Waals surface area contributed by atoms with Crippen LogP contribution in [0.5, 0.6) is 0 Å². The number of benzene rings is 5. The zero-order valence-electron chi connectivity index (χ0n) is 37.2. The van der Waals surface area contributed by atoms with Gasteiger partial charge in [0.25, 0.3) is 11.8 Å². The zero-order valence-corrected chi connectivity index (χ0v) is 41.0. The highest BCUT2D eigenvalue weighted by molar-refractivity contribution is 14.1. The van der Waals surface area contributed by atoms with Crippen molar-refractivity contribution in [1.82, 2.24) is 15.2 Å². The van der Waals surface area contributed by atoms with E-state index in [9.17, 15) is 23.7 Å². The molecule has 2 amide bonds. The Hall–Kier alpha value is -6.60. The second-order valence-electron chi connectivity index (χ2n) is 16.7. The first kappa shape index (κ1) is 47.9. The fraction of sp³-hybridized carbons (Fsp3) is 0.192. The molecule has 3 heterocycles. The van der Waals surface area contributed by atoms with Gasteiger partial charge >= 0.3 is 11.9 Å². The molecule has 0 saturated carbocycles. The number of amides is 2. The number of fused-ring (bicyclic) bond motifs is 1. The second kappa shape index (κ2) is 20.7. The smallest absolute Gasteiger partial charge is 0.376 e. The van der Waals surface area contributed by atoms with E-state index in [1.54, 1.807) is 26.2 Å². The number of carbonyl (C=O) groups is 4. The number of hydrogen-bond acceptors (Lipinski definition) is 12. The molecule has 1 fully saturated rings. The van der Waals surface area contributed by atoms with Gasteiger partial charge in [0, 0.05) is 15.4 Å². The molecule has 6 aromatic rings. The van der Waals surface area contributed by atoms with Gasteiger partial charge in [0.05, 0.1) is 0 Å². The molecule has 8 rings (SSSR count). The Labute approximate surface area is 414 Å². The molecule has 13 nitrogen and oxygen atoms in total. The largest absolute Gasteiger partial charge is 0.614 e. The van der Waals surface area contributed by atoms with Crippen molar-refractivity contribution in [2.24, 2.45) is 5.16 Å². The predicted molar refractivity (Wildman–Crippen MR) is 270 cm³/mol. The van der Waals surface area contributed by atoms with Gasteiger partial charge in [-0.05, 0) is 66.3 Å². The molecule has 2 N–H and O–H groups in total. The second-order valence-corrected chi connectivity index (χ2v) is 19.9. The van der Waals surface area contributed by atoms with Crippen LogP contribution in [-0.2, 0) is 50.2 Å². The third kappa shape index (κ3) is 10.1. The summed E-state index contributed by atoms with van der Waals surface area (Å²) in [5.74, 6) is -3.86. The molecular weight excluding hydrogens is 1010 g/mol. The number of oxime groups is 1. The van der Waals surface area contributed by atoms with Crippen LogP contribution in [0.4, 0.5) is 5.13 Å². The van der Waals surface area contributed by atoms with E-state index in [0.29, 0.717) is 26.3 Å². The molecule has 2 aliphatic rings. The summed E-state index contributed by atoms with van der Waals surface area (Å²) in [5, 5.41) is 11.3. The van der Waals surface area contributed by atoms with Crippen molar-refractivity contribution in [2.75, 3.05) is 15.5 Å². The zero-order chi connectivity index (χ0) is 48.0. The molecular formula is C52H46IN5O8S2. The number of thiazole rings is 1. The van der Waals surface area contributed by atoms with E-state index in [1.807, 2.05) is 152 Å². The first-order valence-corrected chi connectivity index (χ1v) is 25.3. The number of hydrogen-bond donors (Lipinski definition) is 2. The van der Waals surface area contributed by atoms with Gasteiger partial charge < -0.3 is 29.5 Å². The maximum atomic E-state index is 14.5. The maximum absolute atomic E-state index is 14.5. The average Bonchev–Trinajstić information content (AvgIpc) is 3.82. The molecule has 68 heavy (non-hydrogen) atoms. The van der Waals surface area contributed by atoms with Gasteiger partial charge in [0.2, 0.25) is 11.1 Å². The number of nitrogens with one attached hydrogen (secondary N) is 2. The Balaban J connectivity index is 1.11. The van der Waals surface area contributed by atoms with Crippen LogP contribution in [0.2, 0.25) is 0 Å².